The van der Waals surface area contributed by atoms with Crippen LogP contribution < -0.4 is 5.32 Å². The first-order chi connectivity index (χ1) is 11.2. The molecule has 1 aromatic carbocycles. The van der Waals surface area contributed by atoms with Crippen LogP contribution in [0.3, 0.4) is 0 Å². The second-order valence-corrected chi connectivity index (χ2v) is 4.83. The number of hydrogen-bond donors (Lipinski definition) is 1. The van der Waals surface area contributed by atoms with E-state index >= 15 is 0 Å². The number of nitrogens with zero attached hydrogens (tertiary/aromatic N) is 4. The van der Waals surface area contributed by atoms with Gasteiger partial charge in [0.15, 0.2) is 0 Å². The second-order valence-electron chi connectivity index (χ2n) is 4.83. The first kappa shape index (κ1) is 14.8. The first-order valence-corrected chi connectivity index (χ1v) is 7.09. The third-order valence-corrected chi connectivity index (χ3v) is 3.15. The predicted octanol–water partition coefficient (Wildman–Crippen LogP) is 1.77. The molecule has 2 heterocycles. The summed E-state index contributed by atoms with van der Waals surface area (Å²) < 4.78 is 12.8. The molecule has 1 amide bonds. The number of carbonyl (C=O) groups is 1. The summed E-state index contributed by atoms with van der Waals surface area (Å²) in [5.74, 6) is -0.820. The van der Waals surface area contributed by atoms with Crippen molar-refractivity contribution in [3.8, 4) is 5.69 Å². The van der Waals surface area contributed by atoms with Crippen molar-refractivity contribution in [1.82, 2.24) is 25.3 Å². The number of amides is 1. The fraction of sp³-hybridized carbons (Fsp3) is 0.125. The van der Waals surface area contributed by atoms with Crippen molar-refractivity contribution in [1.29, 1.82) is 0 Å². The molecule has 0 radical (unpaired) electrons. The van der Waals surface area contributed by atoms with Crippen molar-refractivity contribution in [2.24, 2.45) is 0 Å². The monoisotopic (exact) mass is 311 g/mol. The van der Waals surface area contributed by atoms with Crippen LogP contribution in [0, 0.1) is 5.82 Å². The smallest absolute Gasteiger partial charge is 0.269 e. The van der Waals surface area contributed by atoms with E-state index in [-0.39, 0.29) is 11.6 Å². The van der Waals surface area contributed by atoms with Crippen LogP contribution in [0.1, 0.15) is 16.2 Å². The lowest BCUT2D eigenvalue weighted by atomic mass is 10.3. The van der Waals surface area contributed by atoms with Crippen molar-refractivity contribution in [2.75, 3.05) is 6.54 Å². The van der Waals surface area contributed by atoms with E-state index in [4.69, 9.17) is 0 Å². The molecule has 2 aromatic heterocycles. The molecule has 3 rings (SSSR count). The Morgan fingerprint density at radius 2 is 1.96 bits per heavy atom. The molecule has 0 aliphatic heterocycles. The number of nitrogens with one attached hydrogen (secondary N) is 1. The van der Waals surface area contributed by atoms with Gasteiger partial charge >= 0.3 is 0 Å². The van der Waals surface area contributed by atoms with Gasteiger partial charge in [-0.15, -0.1) is 0 Å². The number of hydrogen-bond acceptors (Lipinski definition) is 4. The van der Waals surface area contributed by atoms with Crippen LogP contribution in [0.4, 0.5) is 4.39 Å². The summed E-state index contributed by atoms with van der Waals surface area (Å²) in [6.45, 7) is 0.394. The van der Waals surface area contributed by atoms with Crippen LogP contribution in [0.25, 0.3) is 5.69 Å². The molecule has 23 heavy (non-hydrogen) atoms. The second kappa shape index (κ2) is 6.78. The molecule has 0 saturated carbocycles. The van der Waals surface area contributed by atoms with E-state index in [2.05, 4.69) is 20.5 Å². The Bertz CT molecular complexity index is 786. The van der Waals surface area contributed by atoms with Gasteiger partial charge in [0.1, 0.15) is 11.5 Å². The molecule has 0 bridgehead atoms. The predicted molar refractivity (Wildman–Crippen MR) is 81.6 cm³/mol. The standard InChI is InChI=1S/C16H14FN5O/c17-12-6-7-15(19-10-12)16(23)18-9-8-13-11-20-22(21-13)14-4-2-1-3-5-14/h1-7,10-11H,8-9H2,(H,18,23). The molecule has 0 unspecified atom stereocenters. The molecule has 0 saturated heterocycles. The third-order valence-electron chi connectivity index (χ3n) is 3.15. The maximum absolute atomic E-state index is 12.8. The zero-order valence-corrected chi connectivity index (χ0v) is 12.2. The SMILES string of the molecule is O=C(NCCc1cnn(-c2ccccc2)n1)c1ccc(F)cn1. The molecule has 1 N–H and O–H groups in total. The number of para-hydroxylation sites is 1. The molecule has 0 fully saturated rings. The Balaban J connectivity index is 1.54. The highest BCUT2D eigenvalue weighted by molar-refractivity contribution is 5.92. The lowest BCUT2D eigenvalue weighted by Gasteiger charge is -2.03. The van der Waals surface area contributed by atoms with Crippen LogP contribution in [0.2, 0.25) is 0 Å². The molecule has 0 spiro atoms. The summed E-state index contributed by atoms with van der Waals surface area (Å²) in [5.41, 5.74) is 1.82. The number of benzene rings is 1. The number of pyridine rings is 1. The Hall–Kier alpha value is -3.09. The van der Waals surface area contributed by atoms with Gasteiger partial charge in [-0.2, -0.15) is 15.0 Å². The van der Waals surface area contributed by atoms with Gasteiger partial charge < -0.3 is 5.32 Å². The Morgan fingerprint density at radius 1 is 1.13 bits per heavy atom. The number of rotatable bonds is 5. The molecule has 116 valence electrons. The Morgan fingerprint density at radius 3 is 2.70 bits per heavy atom. The zero-order chi connectivity index (χ0) is 16.1. The largest absolute Gasteiger partial charge is 0.350 e. The lowest BCUT2D eigenvalue weighted by molar-refractivity contribution is 0.0949. The highest BCUT2D eigenvalue weighted by Crippen LogP contribution is 2.04. The molecule has 0 atom stereocenters. The topological polar surface area (TPSA) is 72.7 Å². The molecular formula is C16H14FN5O. The van der Waals surface area contributed by atoms with Gasteiger partial charge in [-0.25, -0.2) is 9.37 Å². The van der Waals surface area contributed by atoms with Crippen molar-refractivity contribution in [3.05, 3.63) is 72.1 Å². The van der Waals surface area contributed by atoms with Gasteiger partial charge in [0, 0.05) is 13.0 Å². The summed E-state index contributed by atoms with van der Waals surface area (Å²) in [7, 11) is 0. The number of carbonyl (C=O) groups excluding carboxylic acids is 1. The minimum absolute atomic E-state index is 0.180. The van der Waals surface area contributed by atoms with Gasteiger partial charge in [0.25, 0.3) is 5.91 Å². The minimum Gasteiger partial charge on any atom is -0.350 e. The van der Waals surface area contributed by atoms with E-state index in [9.17, 15) is 9.18 Å². The van der Waals surface area contributed by atoms with E-state index in [0.717, 1.165) is 17.6 Å². The Kier molecular flexibility index (Phi) is 4.37. The summed E-state index contributed by atoms with van der Waals surface area (Å²) in [6.07, 6.45) is 3.22. The van der Waals surface area contributed by atoms with Gasteiger partial charge in [-0.1, -0.05) is 18.2 Å². The van der Waals surface area contributed by atoms with E-state index < -0.39 is 5.82 Å². The minimum atomic E-state index is -0.473. The fourth-order valence-corrected chi connectivity index (χ4v) is 2.00. The van der Waals surface area contributed by atoms with Crippen molar-refractivity contribution < 1.29 is 9.18 Å². The van der Waals surface area contributed by atoms with Crippen LogP contribution in [-0.2, 0) is 6.42 Å². The molecule has 0 aliphatic rings. The lowest BCUT2D eigenvalue weighted by Crippen LogP contribution is -2.26. The Labute approximate surface area is 132 Å². The van der Waals surface area contributed by atoms with Crippen molar-refractivity contribution >= 4 is 5.91 Å². The van der Waals surface area contributed by atoms with Crippen molar-refractivity contribution in [2.45, 2.75) is 6.42 Å². The van der Waals surface area contributed by atoms with E-state index in [1.54, 1.807) is 11.0 Å². The van der Waals surface area contributed by atoms with Gasteiger partial charge in [0.2, 0.25) is 0 Å². The zero-order valence-electron chi connectivity index (χ0n) is 12.2. The van der Waals surface area contributed by atoms with Crippen LogP contribution in [0.5, 0.6) is 0 Å². The summed E-state index contributed by atoms with van der Waals surface area (Å²) in [6, 6.07) is 12.1. The number of halogens is 1. The quantitative estimate of drug-likeness (QED) is 0.779. The maximum Gasteiger partial charge on any atom is 0.269 e. The normalized spacial score (nSPS) is 10.5. The van der Waals surface area contributed by atoms with E-state index in [1.165, 1.54) is 12.1 Å². The highest BCUT2D eigenvalue weighted by Gasteiger charge is 2.08. The molecule has 3 aromatic rings. The average Bonchev–Trinajstić information content (AvgIpc) is 3.05. The number of aromatic nitrogens is 4. The van der Waals surface area contributed by atoms with Crippen LogP contribution in [0.15, 0.2) is 54.9 Å². The average molecular weight is 311 g/mol. The summed E-state index contributed by atoms with van der Waals surface area (Å²) in [5, 5.41) is 11.3. The van der Waals surface area contributed by atoms with E-state index in [1.807, 2.05) is 30.3 Å². The molecule has 0 aliphatic carbocycles. The fourth-order valence-electron chi connectivity index (χ4n) is 2.00. The van der Waals surface area contributed by atoms with Gasteiger partial charge in [-0.3, -0.25) is 4.79 Å². The molecule has 6 nitrogen and oxygen atoms in total. The van der Waals surface area contributed by atoms with Gasteiger partial charge in [0.05, 0.1) is 23.8 Å². The molecule has 7 heteroatoms. The van der Waals surface area contributed by atoms with Gasteiger partial charge in [-0.05, 0) is 24.3 Å². The molecular weight excluding hydrogens is 297 g/mol. The first-order valence-electron chi connectivity index (χ1n) is 7.09. The van der Waals surface area contributed by atoms with E-state index in [0.29, 0.717) is 13.0 Å². The maximum atomic E-state index is 12.8. The van der Waals surface area contributed by atoms with Crippen LogP contribution in [-0.4, -0.2) is 32.4 Å². The van der Waals surface area contributed by atoms with Crippen LogP contribution >= 0.6 is 0 Å². The summed E-state index contributed by atoms with van der Waals surface area (Å²) >= 11 is 0. The van der Waals surface area contributed by atoms with Crippen molar-refractivity contribution in [3.63, 3.8) is 0 Å². The summed E-state index contributed by atoms with van der Waals surface area (Å²) in [4.78, 5) is 17.1. The highest BCUT2D eigenvalue weighted by atomic mass is 19.1. The third kappa shape index (κ3) is 3.76.